The summed E-state index contributed by atoms with van der Waals surface area (Å²) in [6, 6.07) is 7.32. The van der Waals surface area contributed by atoms with Gasteiger partial charge in [-0.25, -0.2) is 14.4 Å². The topological polar surface area (TPSA) is 61.4 Å². The van der Waals surface area contributed by atoms with Crippen LogP contribution in [0, 0.1) is 5.82 Å². The average Bonchev–Trinajstić information content (AvgIpc) is 2.64. The number of hydrogen-bond donors (Lipinski definition) is 1. The Bertz CT molecular complexity index is 698. The van der Waals surface area contributed by atoms with Gasteiger partial charge >= 0.3 is 0 Å². The zero-order valence-corrected chi connectivity index (χ0v) is 13.6. The van der Waals surface area contributed by atoms with E-state index in [1.807, 2.05) is 0 Å². The fourth-order valence-electron chi connectivity index (χ4n) is 2.67. The molecule has 0 unspecified atom stereocenters. The Morgan fingerprint density at radius 1 is 1.17 bits per heavy atom. The maximum atomic E-state index is 12.9. The number of carbonyl (C=O) groups excluding carboxylic acids is 1. The van der Waals surface area contributed by atoms with Gasteiger partial charge in [0.15, 0.2) is 0 Å². The van der Waals surface area contributed by atoms with Gasteiger partial charge in [-0.3, -0.25) is 4.79 Å². The number of carbonyl (C=O) groups is 1. The molecule has 126 valence electrons. The summed E-state index contributed by atoms with van der Waals surface area (Å²) in [5.74, 6) is 0.0750. The standard InChI is InChI=1S/C17H20FN5O/c1-2-22-7-9-23(10-8-22)16-11-15(19-12-20-16)17(24)21-14-5-3-13(18)4-6-14/h3-6,11-12H,2,7-10H2,1H3,(H,21,24). The normalized spacial score (nSPS) is 15.3. The number of nitrogens with zero attached hydrogens (tertiary/aromatic N) is 4. The molecule has 1 aromatic carbocycles. The molecule has 0 spiro atoms. The summed E-state index contributed by atoms with van der Waals surface area (Å²) in [4.78, 5) is 25.2. The Kier molecular flexibility index (Phi) is 5.00. The van der Waals surface area contributed by atoms with E-state index in [0.717, 1.165) is 38.5 Å². The molecule has 1 aromatic heterocycles. The van der Waals surface area contributed by atoms with E-state index in [1.165, 1.54) is 30.6 Å². The van der Waals surface area contributed by atoms with E-state index in [-0.39, 0.29) is 11.7 Å². The third-order valence-corrected chi connectivity index (χ3v) is 4.13. The van der Waals surface area contributed by atoms with E-state index in [9.17, 15) is 9.18 Å². The fourth-order valence-corrected chi connectivity index (χ4v) is 2.67. The zero-order chi connectivity index (χ0) is 16.9. The number of likely N-dealkylation sites (N-methyl/N-ethyl adjacent to an activating group) is 1. The van der Waals surface area contributed by atoms with Crippen molar-refractivity contribution in [2.24, 2.45) is 0 Å². The van der Waals surface area contributed by atoms with Crippen molar-refractivity contribution in [3.05, 3.63) is 48.2 Å². The molecular weight excluding hydrogens is 309 g/mol. The van der Waals surface area contributed by atoms with Crippen LogP contribution in [-0.4, -0.2) is 53.5 Å². The molecule has 7 heteroatoms. The second kappa shape index (κ2) is 7.35. The molecule has 0 atom stereocenters. The molecule has 0 radical (unpaired) electrons. The number of nitrogens with one attached hydrogen (secondary N) is 1. The minimum absolute atomic E-state index is 0.294. The van der Waals surface area contributed by atoms with E-state index in [2.05, 4.69) is 32.0 Å². The molecule has 6 nitrogen and oxygen atoms in total. The molecule has 2 aromatic rings. The number of aromatic nitrogens is 2. The first-order valence-electron chi connectivity index (χ1n) is 8.02. The van der Waals surface area contributed by atoms with Crippen LogP contribution in [0.4, 0.5) is 15.9 Å². The van der Waals surface area contributed by atoms with Crippen LogP contribution in [0.5, 0.6) is 0 Å². The van der Waals surface area contributed by atoms with Crippen LogP contribution in [-0.2, 0) is 0 Å². The van der Waals surface area contributed by atoms with Crippen LogP contribution in [0.2, 0.25) is 0 Å². The second-order valence-corrected chi connectivity index (χ2v) is 5.64. The molecule has 24 heavy (non-hydrogen) atoms. The van der Waals surface area contributed by atoms with Crippen LogP contribution in [0.1, 0.15) is 17.4 Å². The predicted octanol–water partition coefficient (Wildman–Crippen LogP) is 2.01. The number of anilines is 2. The number of hydrogen-bond acceptors (Lipinski definition) is 5. The van der Waals surface area contributed by atoms with E-state index >= 15 is 0 Å². The molecular formula is C17H20FN5O. The van der Waals surface area contributed by atoms with Gasteiger partial charge in [0.1, 0.15) is 23.7 Å². The van der Waals surface area contributed by atoms with Crippen LogP contribution in [0.15, 0.2) is 36.7 Å². The summed E-state index contributed by atoms with van der Waals surface area (Å²) in [6.07, 6.45) is 1.40. The van der Waals surface area contributed by atoms with Gasteiger partial charge in [-0.2, -0.15) is 0 Å². The van der Waals surface area contributed by atoms with Gasteiger partial charge in [-0.15, -0.1) is 0 Å². The highest BCUT2D eigenvalue weighted by molar-refractivity contribution is 6.03. The van der Waals surface area contributed by atoms with Crippen LogP contribution in [0.3, 0.4) is 0 Å². The maximum absolute atomic E-state index is 12.9. The molecule has 1 aliphatic rings. The smallest absolute Gasteiger partial charge is 0.274 e. The van der Waals surface area contributed by atoms with Crippen molar-refractivity contribution in [2.45, 2.75) is 6.92 Å². The lowest BCUT2D eigenvalue weighted by Gasteiger charge is -2.34. The summed E-state index contributed by atoms with van der Waals surface area (Å²) in [7, 11) is 0. The Balaban J connectivity index is 1.68. The first-order valence-corrected chi connectivity index (χ1v) is 8.02. The van der Waals surface area contributed by atoms with Gasteiger partial charge in [0.05, 0.1) is 0 Å². The Morgan fingerprint density at radius 2 is 1.88 bits per heavy atom. The number of benzene rings is 1. The Morgan fingerprint density at radius 3 is 2.54 bits per heavy atom. The summed E-state index contributed by atoms with van der Waals surface area (Å²) < 4.78 is 12.9. The van der Waals surface area contributed by atoms with E-state index in [4.69, 9.17) is 0 Å². The molecule has 1 N–H and O–H groups in total. The second-order valence-electron chi connectivity index (χ2n) is 5.64. The van der Waals surface area contributed by atoms with E-state index in [0.29, 0.717) is 11.4 Å². The molecule has 2 heterocycles. The van der Waals surface area contributed by atoms with Gasteiger partial charge < -0.3 is 15.1 Å². The summed E-state index contributed by atoms with van der Waals surface area (Å²) in [5, 5.41) is 2.71. The SMILES string of the molecule is CCN1CCN(c2cc(C(=O)Nc3ccc(F)cc3)ncn2)CC1. The lowest BCUT2D eigenvalue weighted by molar-refractivity contribution is 0.102. The van der Waals surface area contributed by atoms with Crippen molar-refractivity contribution in [2.75, 3.05) is 42.9 Å². The first-order chi connectivity index (χ1) is 11.7. The van der Waals surface area contributed by atoms with Crippen molar-refractivity contribution in [1.82, 2.24) is 14.9 Å². The van der Waals surface area contributed by atoms with E-state index < -0.39 is 0 Å². The van der Waals surface area contributed by atoms with Crippen molar-refractivity contribution in [3.8, 4) is 0 Å². The number of piperazine rings is 1. The molecule has 3 rings (SSSR count). The largest absolute Gasteiger partial charge is 0.354 e. The molecule has 0 saturated carbocycles. The predicted molar refractivity (Wildman–Crippen MR) is 90.7 cm³/mol. The Hall–Kier alpha value is -2.54. The highest BCUT2D eigenvalue weighted by Crippen LogP contribution is 2.15. The summed E-state index contributed by atoms with van der Waals surface area (Å²) in [5.41, 5.74) is 0.820. The number of rotatable bonds is 4. The lowest BCUT2D eigenvalue weighted by atomic mass is 10.2. The van der Waals surface area contributed by atoms with Crippen LogP contribution in [0.25, 0.3) is 0 Å². The van der Waals surface area contributed by atoms with E-state index in [1.54, 1.807) is 6.07 Å². The van der Waals surface area contributed by atoms with Crippen molar-refractivity contribution < 1.29 is 9.18 Å². The molecule has 0 aliphatic carbocycles. The highest BCUT2D eigenvalue weighted by Gasteiger charge is 2.18. The zero-order valence-electron chi connectivity index (χ0n) is 13.6. The minimum atomic E-state index is -0.344. The maximum Gasteiger partial charge on any atom is 0.274 e. The van der Waals surface area contributed by atoms with Gasteiger partial charge in [0, 0.05) is 37.9 Å². The third kappa shape index (κ3) is 3.86. The summed E-state index contributed by atoms with van der Waals surface area (Å²) >= 11 is 0. The molecule has 0 bridgehead atoms. The summed E-state index contributed by atoms with van der Waals surface area (Å²) in [6.45, 7) is 6.92. The van der Waals surface area contributed by atoms with Crippen molar-refractivity contribution >= 4 is 17.4 Å². The number of amides is 1. The van der Waals surface area contributed by atoms with Crippen molar-refractivity contribution in [3.63, 3.8) is 0 Å². The molecule has 1 fully saturated rings. The van der Waals surface area contributed by atoms with Gasteiger partial charge in [0.2, 0.25) is 0 Å². The van der Waals surface area contributed by atoms with Gasteiger partial charge in [-0.05, 0) is 30.8 Å². The Labute approximate surface area is 140 Å². The minimum Gasteiger partial charge on any atom is -0.354 e. The van der Waals surface area contributed by atoms with Crippen LogP contribution >= 0.6 is 0 Å². The van der Waals surface area contributed by atoms with Gasteiger partial charge in [-0.1, -0.05) is 6.92 Å². The molecule has 1 aliphatic heterocycles. The third-order valence-electron chi connectivity index (χ3n) is 4.13. The number of halogens is 1. The van der Waals surface area contributed by atoms with Crippen LogP contribution < -0.4 is 10.2 Å². The van der Waals surface area contributed by atoms with Gasteiger partial charge in [0.25, 0.3) is 5.91 Å². The lowest BCUT2D eigenvalue weighted by Crippen LogP contribution is -2.46. The first kappa shape index (κ1) is 16.3. The monoisotopic (exact) mass is 329 g/mol. The molecule has 1 saturated heterocycles. The fraction of sp³-hybridized carbons (Fsp3) is 0.353. The van der Waals surface area contributed by atoms with Crippen molar-refractivity contribution in [1.29, 1.82) is 0 Å². The average molecular weight is 329 g/mol. The molecule has 1 amide bonds. The quantitative estimate of drug-likeness (QED) is 0.930. The highest BCUT2D eigenvalue weighted by atomic mass is 19.1.